The third-order valence-corrected chi connectivity index (χ3v) is 5.52. The van der Waals surface area contributed by atoms with Gasteiger partial charge < -0.3 is 10.1 Å². The Balaban J connectivity index is 2.16. The lowest BCUT2D eigenvalue weighted by Gasteiger charge is -2.24. The number of sulfonamides is 1. The fraction of sp³-hybridized carbons (Fsp3) is 0.278. The molecule has 0 aromatic heterocycles. The Morgan fingerprint density at radius 3 is 2.33 bits per heavy atom. The quantitative estimate of drug-likeness (QED) is 0.726. The van der Waals surface area contributed by atoms with Crippen LogP contribution in [0.25, 0.3) is 0 Å². The summed E-state index contributed by atoms with van der Waals surface area (Å²) in [6.07, 6.45) is 1.01. The van der Waals surface area contributed by atoms with Crippen molar-refractivity contribution in [2.45, 2.75) is 13.0 Å². The summed E-state index contributed by atoms with van der Waals surface area (Å²) in [6, 6.07) is 11.3. The number of carbonyl (C=O) groups excluding carboxylic acids is 1. The highest BCUT2D eigenvalue weighted by Gasteiger charge is 2.24. The molecule has 0 unspecified atom stereocenters. The topological polar surface area (TPSA) is 75.7 Å². The first-order chi connectivity index (χ1) is 12.6. The number of benzene rings is 2. The minimum absolute atomic E-state index is 0.143. The molecule has 0 fully saturated rings. The summed E-state index contributed by atoms with van der Waals surface area (Å²) in [5.41, 5.74) is 1.05. The number of amides is 1. The number of nitrogens with one attached hydrogen (secondary N) is 1. The summed E-state index contributed by atoms with van der Waals surface area (Å²) in [4.78, 5) is 12.4. The molecule has 0 aliphatic heterocycles. The van der Waals surface area contributed by atoms with E-state index in [4.69, 9.17) is 27.9 Å². The molecule has 0 bridgehead atoms. The average molecular weight is 431 g/mol. The van der Waals surface area contributed by atoms with E-state index in [1.54, 1.807) is 26.2 Å². The lowest BCUT2D eigenvalue weighted by molar-refractivity contribution is -0.120. The van der Waals surface area contributed by atoms with Gasteiger partial charge in [0.15, 0.2) is 0 Å². The summed E-state index contributed by atoms with van der Waals surface area (Å²) in [5, 5.41) is 3.29. The highest BCUT2D eigenvalue weighted by molar-refractivity contribution is 7.92. The van der Waals surface area contributed by atoms with Crippen LogP contribution in [0, 0.1) is 0 Å². The van der Waals surface area contributed by atoms with E-state index < -0.39 is 22.5 Å². The second-order valence-corrected chi connectivity index (χ2v) is 8.68. The molecule has 1 N–H and O–H groups in total. The first-order valence-electron chi connectivity index (χ1n) is 7.98. The van der Waals surface area contributed by atoms with Gasteiger partial charge in [0.05, 0.1) is 30.1 Å². The summed E-state index contributed by atoms with van der Waals surface area (Å²) in [5.74, 6) is 0.243. The molecule has 0 saturated heterocycles. The van der Waals surface area contributed by atoms with Crippen LogP contribution in [0.5, 0.6) is 5.75 Å². The van der Waals surface area contributed by atoms with Gasteiger partial charge in [-0.25, -0.2) is 8.42 Å². The number of halogens is 2. The van der Waals surface area contributed by atoms with Gasteiger partial charge in [0.25, 0.3) is 0 Å². The number of hydrogen-bond donors (Lipinski definition) is 1. The lowest BCUT2D eigenvalue weighted by Crippen LogP contribution is -2.41. The Morgan fingerprint density at radius 1 is 1.19 bits per heavy atom. The van der Waals surface area contributed by atoms with Crippen molar-refractivity contribution in [1.82, 2.24) is 5.32 Å². The highest BCUT2D eigenvalue weighted by atomic mass is 35.5. The van der Waals surface area contributed by atoms with Gasteiger partial charge in [0.1, 0.15) is 12.3 Å². The van der Waals surface area contributed by atoms with Crippen molar-refractivity contribution in [3.05, 3.63) is 58.1 Å². The third kappa shape index (κ3) is 5.76. The third-order valence-electron chi connectivity index (χ3n) is 3.86. The van der Waals surface area contributed by atoms with E-state index in [2.05, 4.69) is 5.32 Å². The molecular formula is C18H20Cl2N2O4S. The molecule has 2 aromatic rings. The monoisotopic (exact) mass is 430 g/mol. The van der Waals surface area contributed by atoms with E-state index in [0.29, 0.717) is 10.8 Å². The molecule has 2 rings (SSSR count). The molecule has 1 atom stereocenters. The SMILES string of the molecule is COc1ccc([C@@H](C)NC(=O)CN(c2ccc(Cl)cc2Cl)S(C)(=O)=O)cc1. The van der Waals surface area contributed by atoms with E-state index in [1.165, 1.54) is 18.2 Å². The molecule has 9 heteroatoms. The van der Waals surface area contributed by atoms with Crippen LogP contribution in [0.4, 0.5) is 5.69 Å². The van der Waals surface area contributed by atoms with E-state index in [-0.39, 0.29) is 16.8 Å². The van der Waals surface area contributed by atoms with E-state index in [9.17, 15) is 13.2 Å². The van der Waals surface area contributed by atoms with Crippen LogP contribution < -0.4 is 14.4 Å². The zero-order chi connectivity index (χ0) is 20.2. The number of nitrogens with zero attached hydrogens (tertiary/aromatic N) is 1. The summed E-state index contributed by atoms with van der Waals surface area (Å²) in [6.45, 7) is 1.40. The van der Waals surface area contributed by atoms with Crippen LogP contribution in [-0.2, 0) is 14.8 Å². The molecule has 146 valence electrons. The van der Waals surface area contributed by atoms with E-state index >= 15 is 0 Å². The van der Waals surface area contributed by atoms with Crippen LogP contribution in [0.3, 0.4) is 0 Å². The number of carbonyl (C=O) groups is 1. The van der Waals surface area contributed by atoms with Crippen LogP contribution in [-0.4, -0.2) is 34.2 Å². The van der Waals surface area contributed by atoms with Crippen molar-refractivity contribution in [3.63, 3.8) is 0 Å². The minimum atomic E-state index is -3.73. The number of methoxy groups -OCH3 is 1. The van der Waals surface area contributed by atoms with Crippen molar-refractivity contribution in [1.29, 1.82) is 0 Å². The van der Waals surface area contributed by atoms with Gasteiger partial charge in [-0.1, -0.05) is 35.3 Å². The molecule has 0 heterocycles. The maximum atomic E-state index is 12.4. The first-order valence-corrected chi connectivity index (χ1v) is 10.6. The Morgan fingerprint density at radius 2 is 1.81 bits per heavy atom. The maximum Gasteiger partial charge on any atom is 0.241 e. The number of anilines is 1. The molecule has 0 saturated carbocycles. The molecule has 0 aliphatic rings. The van der Waals surface area contributed by atoms with E-state index in [0.717, 1.165) is 16.1 Å². The van der Waals surface area contributed by atoms with Gasteiger partial charge in [-0.05, 0) is 42.8 Å². The van der Waals surface area contributed by atoms with Crippen LogP contribution in [0.2, 0.25) is 10.0 Å². The second kappa shape index (κ2) is 8.82. The number of hydrogen-bond acceptors (Lipinski definition) is 4. The first kappa shape index (κ1) is 21.3. The molecule has 2 aromatic carbocycles. The fourth-order valence-electron chi connectivity index (χ4n) is 2.46. The Bertz CT molecular complexity index is 917. The summed E-state index contributed by atoms with van der Waals surface area (Å²) in [7, 11) is -2.16. The normalized spacial score (nSPS) is 12.3. The smallest absolute Gasteiger partial charge is 0.241 e. The van der Waals surface area contributed by atoms with Crippen LogP contribution in [0.1, 0.15) is 18.5 Å². The fourth-order valence-corrected chi connectivity index (χ4v) is 3.89. The molecule has 0 spiro atoms. The van der Waals surface area contributed by atoms with Gasteiger partial charge in [0.2, 0.25) is 15.9 Å². The van der Waals surface area contributed by atoms with Crippen LogP contribution in [0.15, 0.2) is 42.5 Å². The van der Waals surface area contributed by atoms with Gasteiger partial charge in [-0.2, -0.15) is 0 Å². The maximum absolute atomic E-state index is 12.4. The predicted molar refractivity (Wildman–Crippen MR) is 108 cm³/mol. The highest BCUT2D eigenvalue weighted by Crippen LogP contribution is 2.30. The van der Waals surface area contributed by atoms with Crippen molar-refractivity contribution in [2.75, 3.05) is 24.2 Å². The van der Waals surface area contributed by atoms with Crippen molar-refractivity contribution >= 4 is 44.8 Å². The lowest BCUT2D eigenvalue weighted by atomic mass is 10.1. The zero-order valence-electron chi connectivity index (χ0n) is 15.1. The summed E-state index contributed by atoms with van der Waals surface area (Å²) >= 11 is 12.0. The number of rotatable bonds is 7. The van der Waals surface area contributed by atoms with Gasteiger partial charge in [0, 0.05) is 5.02 Å². The van der Waals surface area contributed by atoms with Gasteiger partial charge in [-0.15, -0.1) is 0 Å². The molecule has 1 amide bonds. The molecule has 6 nitrogen and oxygen atoms in total. The Kier molecular flexibility index (Phi) is 6.97. The van der Waals surface area contributed by atoms with Gasteiger partial charge in [-0.3, -0.25) is 9.10 Å². The van der Waals surface area contributed by atoms with E-state index in [1.807, 2.05) is 12.1 Å². The van der Waals surface area contributed by atoms with Crippen molar-refractivity contribution in [2.24, 2.45) is 0 Å². The second-order valence-electron chi connectivity index (χ2n) is 5.93. The molecular weight excluding hydrogens is 411 g/mol. The Labute approximate surface area is 169 Å². The average Bonchev–Trinajstić information content (AvgIpc) is 2.59. The molecule has 27 heavy (non-hydrogen) atoms. The predicted octanol–water partition coefficient (Wildman–Crippen LogP) is 3.65. The Hall–Kier alpha value is -1.96. The minimum Gasteiger partial charge on any atom is -0.497 e. The number of ether oxygens (including phenoxy) is 1. The molecule has 0 radical (unpaired) electrons. The van der Waals surface area contributed by atoms with Crippen molar-refractivity contribution in [3.8, 4) is 5.75 Å². The van der Waals surface area contributed by atoms with Crippen LogP contribution >= 0.6 is 23.2 Å². The molecule has 0 aliphatic carbocycles. The van der Waals surface area contributed by atoms with Crippen molar-refractivity contribution < 1.29 is 17.9 Å². The zero-order valence-corrected chi connectivity index (χ0v) is 17.4. The standard InChI is InChI=1S/C18H20Cl2N2O4S/c1-12(13-4-7-15(26-2)8-5-13)21-18(23)11-22(27(3,24)25)17-9-6-14(19)10-16(17)20/h4-10,12H,11H2,1-3H3,(H,21,23)/t12-/m1/s1. The van der Waals surface area contributed by atoms with Gasteiger partial charge >= 0.3 is 0 Å². The summed E-state index contributed by atoms with van der Waals surface area (Å²) < 4.78 is 30.4. The largest absolute Gasteiger partial charge is 0.497 e.